The van der Waals surface area contributed by atoms with Gasteiger partial charge in [0.1, 0.15) is 0 Å². The quantitative estimate of drug-likeness (QED) is 0.669. The largest absolute Gasteiger partial charge is 0.398 e. The van der Waals surface area contributed by atoms with E-state index in [1.807, 2.05) is 0 Å². The van der Waals surface area contributed by atoms with Crippen molar-refractivity contribution in [2.24, 2.45) is 0 Å². The highest BCUT2D eigenvalue weighted by Crippen LogP contribution is 2.24. The van der Waals surface area contributed by atoms with Crippen LogP contribution < -0.4 is 10.6 Å². The molecule has 0 heterocycles. The molecule has 0 aliphatic carbocycles. The smallest absolute Gasteiger partial charge is 0.390 e. The fraction of sp³-hybridized carbons (Fsp3) is 0.417. The maximum Gasteiger partial charge on any atom is 0.390 e. The summed E-state index contributed by atoms with van der Waals surface area (Å²) in [6.45, 7) is 1.20. The molecule has 1 aromatic rings. The summed E-state index contributed by atoms with van der Waals surface area (Å²) in [4.78, 5) is 12.7. The fourth-order valence-corrected chi connectivity index (χ4v) is 1.51. The Kier molecular flexibility index (Phi) is 4.21. The van der Waals surface area contributed by atoms with Crippen LogP contribution in [0.15, 0.2) is 18.2 Å². The Balaban J connectivity index is 2.83. The van der Waals surface area contributed by atoms with E-state index in [9.17, 15) is 18.0 Å². The lowest BCUT2D eigenvalue weighted by Gasteiger charge is -2.21. The predicted molar refractivity (Wildman–Crippen MR) is 64.8 cm³/mol. The molecule has 0 aliphatic rings. The Morgan fingerprint density at radius 1 is 1.39 bits per heavy atom. The molecule has 0 atom stereocenters. The van der Waals surface area contributed by atoms with Gasteiger partial charge in [-0.05, 0) is 25.1 Å². The summed E-state index contributed by atoms with van der Waals surface area (Å²) in [5.41, 5.74) is 6.81. The van der Waals surface area contributed by atoms with E-state index in [1.54, 1.807) is 13.1 Å². The number of nitrogens with zero attached hydrogens (tertiary/aromatic N) is 1. The van der Waals surface area contributed by atoms with E-state index in [1.165, 1.54) is 24.0 Å². The first kappa shape index (κ1) is 14.3. The number of ketones is 1. The monoisotopic (exact) mass is 260 g/mol. The van der Waals surface area contributed by atoms with Crippen molar-refractivity contribution >= 4 is 17.2 Å². The molecule has 0 fully saturated rings. The Hall–Kier alpha value is -1.72. The zero-order valence-corrected chi connectivity index (χ0v) is 10.2. The van der Waals surface area contributed by atoms with Gasteiger partial charge in [-0.3, -0.25) is 4.79 Å². The minimum Gasteiger partial charge on any atom is -0.398 e. The Morgan fingerprint density at radius 3 is 2.50 bits per heavy atom. The number of anilines is 2. The number of carbonyl (C=O) groups excluding carboxylic acids is 1. The molecule has 3 nitrogen and oxygen atoms in total. The van der Waals surface area contributed by atoms with Crippen molar-refractivity contribution in [1.29, 1.82) is 0 Å². The molecule has 0 aliphatic heterocycles. The van der Waals surface area contributed by atoms with Crippen molar-refractivity contribution < 1.29 is 18.0 Å². The number of hydrogen-bond donors (Lipinski definition) is 1. The summed E-state index contributed by atoms with van der Waals surface area (Å²) in [5, 5.41) is 0. The van der Waals surface area contributed by atoms with Gasteiger partial charge < -0.3 is 10.6 Å². The molecule has 0 aromatic heterocycles. The highest BCUT2D eigenvalue weighted by molar-refractivity contribution is 6.00. The molecule has 2 N–H and O–H groups in total. The molecule has 1 rings (SSSR count). The molecule has 0 unspecified atom stereocenters. The lowest BCUT2D eigenvalue weighted by molar-refractivity contribution is -0.132. The number of hydrogen-bond acceptors (Lipinski definition) is 3. The number of rotatable bonds is 4. The van der Waals surface area contributed by atoms with Crippen molar-refractivity contribution in [3.63, 3.8) is 0 Å². The van der Waals surface area contributed by atoms with Gasteiger partial charge in [-0.2, -0.15) is 13.2 Å². The SMILES string of the molecule is CC(=O)c1cc(N(C)CCC(F)(F)F)ccc1N. The van der Waals surface area contributed by atoms with Crippen LogP contribution in [0.5, 0.6) is 0 Å². The van der Waals surface area contributed by atoms with Gasteiger partial charge in [-0.25, -0.2) is 0 Å². The maximum atomic E-state index is 12.1. The van der Waals surface area contributed by atoms with Gasteiger partial charge in [0.2, 0.25) is 0 Å². The fourth-order valence-electron chi connectivity index (χ4n) is 1.51. The number of benzene rings is 1. The molecule has 0 radical (unpaired) electrons. The second-order valence-corrected chi connectivity index (χ2v) is 4.11. The Bertz CT molecular complexity index is 443. The average molecular weight is 260 g/mol. The Labute approximate surface area is 103 Å². The number of nitrogen functional groups attached to an aromatic ring is 1. The number of halogens is 3. The first-order valence-corrected chi connectivity index (χ1v) is 5.39. The molecule has 6 heteroatoms. The number of Topliss-reactive ketones (excluding diaryl/α,β-unsaturated/α-hetero) is 1. The highest BCUT2D eigenvalue weighted by atomic mass is 19.4. The molecule has 18 heavy (non-hydrogen) atoms. The molecule has 0 saturated carbocycles. The van der Waals surface area contributed by atoms with E-state index < -0.39 is 12.6 Å². The van der Waals surface area contributed by atoms with Crippen LogP contribution in [0.1, 0.15) is 23.7 Å². The van der Waals surface area contributed by atoms with Crippen LogP contribution in [0.4, 0.5) is 24.5 Å². The molecule has 0 amide bonds. The molecule has 100 valence electrons. The number of alkyl halides is 3. The van der Waals surface area contributed by atoms with Gasteiger partial charge in [-0.1, -0.05) is 0 Å². The van der Waals surface area contributed by atoms with Crippen molar-refractivity contribution in [2.75, 3.05) is 24.2 Å². The van der Waals surface area contributed by atoms with Crippen molar-refractivity contribution in [3.8, 4) is 0 Å². The minimum absolute atomic E-state index is 0.162. The maximum absolute atomic E-state index is 12.1. The average Bonchev–Trinajstić information content (AvgIpc) is 2.25. The predicted octanol–water partition coefficient (Wildman–Crippen LogP) is 2.86. The molecule has 0 saturated heterocycles. The van der Waals surface area contributed by atoms with Crippen LogP contribution in [-0.2, 0) is 0 Å². The first-order chi connectivity index (χ1) is 8.20. The molecule has 0 bridgehead atoms. The third-order valence-corrected chi connectivity index (χ3v) is 2.59. The lowest BCUT2D eigenvalue weighted by Crippen LogP contribution is -2.24. The van der Waals surface area contributed by atoms with E-state index in [-0.39, 0.29) is 12.3 Å². The van der Waals surface area contributed by atoms with E-state index in [4.69, 9.17) is 5.73 Å². The van der Waals surface area contributed by atoms with Crippen molar-refractivity contribution in [1.82, 2.24) is 0 Å². The molecule has 0 spiro atoms. The molecular formula is C12H15F3N2O. The van der Waals surface area contributed by atoms with Crippen LogP contribution in [0.3, 0.4) is 0 Å². The van der Waals surface area contributed by atoms with E-state index in [0.29, 0.717) is 16.9 Å². The van der Waals surface area contributed by atoms with Crippen LogP contribution in [0.2, 0.25) is 0 Å². The van der Waals surface area contributed by atoms with E-state index >= 15 is 0 Å². The van der Waals surface area contributed by atoms with Crippen LogP contribution >= 0.6 is 0 Å². The molecule has 1 aromatic carbocycles. The first-order valence-electron chi connectivity index (χ1n) is 5.39. The lowest BCUT2D eigenvalue weighted by atomic mass is 10.1. The van der Waals surface area contributed by atoms with Gasteiger partial charge in [0.05, 0.1) is 6.42 Å². The van der Waals surface area contributed by atoms with E-state index in [0.717, 1.165) is 0 Å². The van der Waals surface area contributed by atoms with Gasteiger partial charge in [0.25, 0.3) is 0 Å². The van der Waals surface area contributed by atoms with Crippen molar-refractivity contribution in [2.45, 2.75) is 19.5 Å². The second kappa shape index (κ2) is 5.29. The van der Waals surface area contributed by atoms with Gasteiger partial charge in [0, 0.05) is 30.5 Å². The summed E-state index contributed by atoms with van der Waals surface area (Å²) in [5.74, 6) is -0.210. The number of carbonyl (C=O) groups is 1. The summed E-state index contributed by atoms with van der Waals surface area (Å²) >= 11 is 0. The van der Waals surface area contributed by atoms with Gasteiger partial charge in [-0.15, -0.1) is 0 Å². The molecular weight excluding hydrogens is 245 g/mol. The van der Waals surface area contributed by atoms with Crippen molar-refractivity contribution in [3.05, 3.63) is 23.8 Å². The zero-order chi connectivity index (χ0) is 13.9. The van der Waals surface area contributed by atoms with Crippen LogP contribution in [-0.4, -0.2) is 25.6 Å². The zero-order valence-electron chi connectivity index (χ0n) is 10.2. The Morgan fingerprint density at radius 2 is 2.00 bits per heavy atom. The summed E-state index contributed by atoms with van der Waals surface area (Å²) in [6.07, 6.45) is -5.09. The third-order valence-electron chi connectivity index (χ3n) is 2.59. The van der Waals surface area contributed by atoms with E-state index in [2.05, 4.69) is 0 Å². The number of nitrogens with two attached hydrogens (primary N) is 1. The van der Waals surface area contributed by atoms with Crippen LogP contribution in [0, 0.1) is 0 Å². The minimum atomic E-state index is -4.19. The highest BCUT2D eigenvalue weighted by Gasteiger charge is 2.27. The third kappa shape index (κ3) is 3.94. The van der Waals surface area contributed by atoms with Gasteiger partial charge in [0.15, 0.2) is 5.78 Å². The topological polar surface area (TPSA) is 46.3 Å². The van der Waals surface area contributed by atoms with Crippen LogP contribution in [0.25, 0.3) is 0 Å². The second-order valence-electron chi connectivity index (χ2n) is 4.11. The standard InChI is InChI=1S/C12H15F3N2O/c1-8(18)10-7-9(3-4-11(10)16)17(2)6-5-12(13,14)15/h3-4,7H,5-6,16H2,1-2H3. The summed E-state index contributed by atoms with van der Waals surface area (Å²) in [7, 11) is 1.54. The van der Waals surface area contributed by atoms with Gasteiger partial charge >= 0.3 is 6.18 Å². The summed E-state index contributed by atoms with van der Waals surface area (Å²) < 4.78 is 36.3. The normalized spacial score (nSPS) is 11.4. The summed E-state index contributed by atoms with van der Waals surface area (Å²) in [6, 6.07) is 4.63.